The molecular formula is C9H19N3. The quantitative estimate of drug-likeness (QED) is 0.270. The van der Waals surface area contributed by atoms with E-state index < -0.39 is 0 Å². The summed E-state index contributed by atoms with van der Waals surface area (Å²) in [6, 6.07) is 0. The van der Waals surface area contributed by atoms with E-state index in [0.29, 0.717) is 5.92 Å². The molecular weight excluding hydrogens is 150 g/mol. The van der Waals surface area contributed by atoms with Gasteiger partial charge in [0.1, 0.15) is 5.84 Å². The van der Waals surface area contributed by atoms with Crippen LogP contribution in [0.25, 0.3) is 0 Å². The first-order chi connectivity index (χ1) is 5.53. The van der Waals surface area contributed by atoms with E-state index in [0.717, 1.165) is 5.84 Å². The van der Waals surface area contributed by atoms with Crippen molar-refractivity contribution in [3.8, 4) is 0 Å². The van der Waals surface area contributed by atoms with E-state index in [2.05, 4.69) is 31.2 Å². The molecule has 0 spiro atoms. The number of amidine groups is 1. The number of nitrogens with zero attached hydrogens (tertiary/aromatic N) is 1. The normalized spacial score (nSPS) is 20.5. The third-order valence-electron chi connectivity index (χ3n) is 2.10. The van der Waals surface area contributed by atoms with E-state index >= 15 is 0 Å². The predicted molar refractivity (Wildman–Crippen MR) is 51.9 cm³/mol. The second kappa shape index (κ2) is 3.44. The van der Waals surface area contributed by atoms with Crippen molar-refractivity contribution in [1.29, 1.82) is 0 Å². The fourth-order valence-electron chi connectivity index (χ4n) is 1.28. The molecule has 1 saturated carbocycles. The third kappa shape index (κ3) is 2.48. The molecule has 0 aliphatic heterocycles. The molecule has 0 unspecified atom stereocenters. The monoisotopic (exact) mass is 169 g/mol. The summed E-state index contributed by atoms with van der Waals surface area (Å²) in [4.78, 5) is 4.53. The van der Waals surface area contributed by atoms with Crippen LogP contribution in [-0.2, 0) is 0 Å². The van der Waals surface area contributed by atoms with Crippen LogP contribution >= 0.6 is 0 Å². The Morgan fingerprint density at radius 1 is 1.42 bits per heavy atom. The summed E-state index contributed by atoms with van der Waals surface area (Å²) in [6.07, 6.45) is 3.79. The summed E-state index contributed by atoms with van der Waals surface area (Å²) in [5.41, 5.74) is 2.69. The molecule has 0 aromatic heterocycles. The van der Waals surface area contributed by atoms with Gasteiger partial charge in [0.2, 0.25) is 0 Å². The van der Waals surface area contributed by atoms with E-state index in [9.17, 15) is 0 Å². The highest BCUT2D eigenvalue weighted by Crippen LogP contribution is 2.27. The van der Waals surface area contributed by atoms with Gasteiger partial charge in [-0.2, -0.15) is 0 Å². The molecule has 1 rings (SSSR count). The minimum absolute atomic E-state index is 0.0166. The lowest BCUT2D eigenvalue weighted by Crippen LogP contribution is -2.40. The number of hydrogen-bond donors (Lipinski definition) is 2. The van der Waals surface area contributed by atoms with Crippen LogP contribution < -0.4 is 11.3 Å². The van der Waals surface area contributed by atoms with Gasteiger partial charge in [-0.15, -0.1) is 0 Å². The average molecular weight is 169 g/mol. The summed E-state index contributed by atoms with van der Waals surface area (Å²) >= 11 is 0. The van der Waals surface area contributed by atoms with Crippen molar-refractivity contribution >= 4 is 5.84 Å². The summed E-state index contributed by atoms with van der Waals surface area (Å²) in [7, 11) is 0. The van der Waals surface area contributed by atoms with E-state index in [1.807, 2.05) is 0 Å². The molecule has 3 nitrogen and oxygen atoms in total. The first-order valence-electron chi connectivity index (χ1n) is 4.59. The second-order valence-corrected chi connectivity index (χ2v) is 4.44. The number of aliphatic imine (C=N–C) groups is 1. The molecule has 0 amide bonds. The molecule has 3 N–H and O–H groups in total. The van der Waals surface area contributed by atoms with E-state index in [4.69, 9.17) is 5.84 Å². The number of nitrogens with two attached hydrogens (primary N) is 1. The van der Waals surface area contributed by atoms with Crippen LogP contribution in [0, 0.1) is 5.92 Å². The van der Waals surface area contributed by atoms with E-state index in [1.165, 1.54) is 19.3 Å². The Labute approximate surface area is 74.4 Å². The van der Waals surface area contributed by atoms with Gasteiger partial charge in [0.15, 0.2) is 0 Å². The zero-order valence-corrected chi connectivity index (χ0v) is 8.22. The Hall–Kier alpha value is -0.570. The van der Waals surface area contributed by atoms with Crippen molar-refractivity contribution in [2.45, 2.75) is 45.6 Å². The maximum absolute atomic E-state index is 5.41. The average Bonchev–Trinajstić information content (AvgIpc) is 1.79. The summed E-state index contributed by atoms with van der Waals surface area (Å²) in [5, 5.41) is 0. The second-order valence-electron chi connectivity index (χ2n) is 4.44. The van der Waals surface area contributed by atoms with Gasteiger partial charge in [-0.25, -0.2) is 5.84 Å². The molecule has 0 aromatic rings. The van der Waals surface area contributed by atoms with Gasteiger partial charge in [0.05, 0.1) is 5.54 Å². The highest BCUT2D eigenvalue weighted by molar-refractivity contribution is 5.85. The van der Waals surface area contributed by atoms with Crippen molar-refractivity contribution < 1.29 is 0 Å². The molecule has 3 heteroatoms. The molecule has 70 valence electrons. The predicted octanol–water partition coefficient (Wildman–Crippen LogP) is 1.45. The molecule has 0 radical (unpaired) electrons. The third-order valence-corrected chi connectivity index (χ3v) is 2.10. The van der Waals surface area contributed by atoms with Gasteiger partial charge in [-0.3, -0.25) is 4.99 Å². The maximum Gasteiger partial charge on any atom is 0.114 e. The lowest BCUT2D eigenvalue weighted by atomic mass is 9.84. The fraction of sp³-hybridized carbons (Fsp3) is 0.889. The van der Waals surface area contributed by atoms with Crippen molar-refractivity contribution in [1.82, 2.24) is 5.43 Å². The van der Waals surface area contributed by atoms with E-state index in [-0.39, 0.29) is 5.54 Å². The van der Waals surface area contributed by atoms with Crippen molar-refractivity contribution in [2.75, 3.05) is 0 Å². The minimum Gasteiger partial charge on any atom is -0.312 e. The van der Waals surface area contributed by atoms with Crippen LogP contribution in [0.2, 0.25) is 0 Å². The molecule has 0 saturated heterocycles. The van der Waals surface area contributed by atoms with Gasteiger partial charge < -0.3 is 5.43 Å². The zero-order valence-electron chi connectivity index (χ0n) is 8.22. The Kier molecular flexibility index (Phi) is 2.73. The number of hydrogen-bond acceptors (Lipinski definition) is 2. The van der Waals surface area contributed by atoms with Gasteiger partial charge in [0, 0.05) is 5.92 Å². The van der Waals surface area contributed by atoms with Gasteiger partial charge in [-0.05, 0) is 33.6 Å². The molecule has 0 bridgehead atoms. The topological polar surface area (TPSA) is 50.4 Å². The summed E-state index contributed by atoms with van der Waals surface area (Å²) in [6.45, 7) is 6.26. The highest BCUT2D eigenvalue weighted by atomic mass is 15.3. The van der Waals surface area contributed by atoms with Crippen molar-refractivity contribution in [3.63, 3.8) is 0 Å². The maximum atomic E-state index is 5.41. The van der Waals surface area contributed by atoms with Crippen LogP contribution in [0.3, 0.4) is 0 Å². The summed E-state index contributed by atoms with van der Waals surface area (Å²) in [5.74, 6) is 6.98. The Morgan fingerprint density at radius 3 is 2.25 bits per heavy atom. The van der Waals surface area contributed by atoms with Crippen LogP contribution in [-0.4, -0.2) is 11.4 Å². The standard InChI is InChI=1S/C9H19N3/c1-9(2,3)11-8(12-10)7-5-4-6-7/h7H,4-6,10H2,1-3H3,(H,11,12). The first kappa shape index (κ1) is 9.52. The first-order valence-corrected chi connectivity index (χ1v) is 4.59. The molecule has 0 heterocycles. The number of nitrogens with one attached hydrogen (secondary N) is 1. The Balaban J connectivity index is 2.59. The molecule has 0 aromatic carbocycles. The Bertz CT molecular complexity index is 175. The van der Waals surface area contributed by atoms with Gasteiger partial charge in [-0.1, -0.05) is 6.42 Å². The molecule has 1 aliphatic carbocycles. The number of hydrazine groups is 1. The minimum atomic E-state index is -0.0166. The highest BCUT2D eigenvalue weighted by Gasteiger charge is 2.24. The largest absolute Gasteiger partial charge is 0.312 e. The molecule has 1 fully saturated rings. The SMILES string of the molecule is CC(C)(C)N=C(NN)C1CCC1. The van der Waals surface area contributed by atoms with Gasteiger partial charge in [0.25, 0.3) is 0 Å². The van der Waals surface area contributed by atoms with Crippen LogP contribution in [0.5, 0.6) is 0 Å². The Morgan fingerprint density at radius 2 is 2.00 bits per heavy atom. The lowest BCUT2D eigenvalue weighted by Gasteiger charge is -2.28. The van der Waals surface area contributed by atoms with Crippen LogP contribution in [0.15, 0.2) is 4.99 Å². The summed E-state index contributed by atoms with van der Waals surface area (Å²) < 4.78 is 0. The van der Waals surface area contributed by atoms with Crippen molar-refractivity contribution in [2.24, 2.45) is 16.8 Å². The molecule has 1 aliphatic rings. The lowest BCUT2D eigenvalue weighted by molar-refractivity contribution is 0.398. The van der Waals surface area contributed by atoms with Crippen molar-refractivity contribution in [3.05, 3.63) is 0 Å². The van der Waals surface area contributed by atoms with Crippen LogP contribution in [0.4, 0.5) is 0 Å². The number of rotatable bonds is 1. The smallest absolute Gasteiger partial charge is 0.114 e. The molecule has 0 atom stereocenters. The zero-order chi connectivity index (χ0) is 9.19. The van der Waals surface area contributed by atoms with Crippen LogP contribution in [0.1, 0.15) is 40.0 Å². The molecule has 12 heavy (non-hydrogen) atoms. The van der Waals surface area contributed by atoms with E-state index in [1.54, 1.807) is 0 Å². The fourth-order valence-corrected chi connectivity index (χ4v) is 1.28. The van der Waals surface area contributed by atoms with Gasteiger partial charge >= 0.3 is 0 Å².